The van der Waals surface area contributed by atoms with Crippen LogP contribution in [0.3, 0.4) is 0 Å². The zero-order chi connectivity index (χ0) is 57.6. The number of allylic oxidation sites excluding steroid dienone is 8. The van der Waals surface area contributed by atoms with Crippen LogP contribution in [0, 0.1) is 0 Å². The molecule has 0 aromatic carbocycles. The minimum Gasteiger partial charge on any atom is -0.462 e. The van der Waals surface area contributed by atoms with E-state index < -0.39 is 6.10 Å². The summed E-state index contributed by atoms with van der Waals surface area (Å²) in [6, 6.07) is 0. The van der Waals surface area contributed by atoms with Gasteiger partial charge in [0.25, 0.3) is 0 Å². The summed E-state index contributed by atoms with van der Waals surface area (Å²) in [5.41, 5.74) is 0. The average molecular weight is 1120 g/mol. The van der Waals surface area contributed by atoms with Crippen molar-refractivity contribution in [3.05, 3.63) is 48.6 Å². The Morgan fingerprint density at radius 3 is 0.812 bits per heavy atom. The molecule has 0 aliphatic carbocycles. The monoisotopic (exact) mass is 1120 g/mol. The van der Waals surface area contributed by atoms with E-state index in [1.54, 1.807) is 0 Å². The van der Waals surface area contributed by atoms with E-state index in [0.717, 1.165) is 57.8 Å². The number of ether oxygens (including phenoxy) is 2. The van der Waals surface area contributed by atoms with Gasteiger partial charge in [0.15, 0.2) is 6.10 Å². The minimum absolute atomic E-state index is 0.0614. The number of carbonyl (C=O) groups excluding carboxylic acids is 2. The van der Waals surface area contributed by atoms with E-state index >= 15 is 0 Å². The normalized spacial score (nSPS) is 12.4. The highest BCUT2D eigenvalue weighted by Crippen LogP contribution is 2.19. The Morgan fingerprint density at radius 2 is 0.537 bits per heavy atom. The highest BCUT2D eigenvalue weighted by molar-refractivity contribution is 5.70. The molecule has 0 fully saturated rings. The number of carbonyl (C=O) groups is 2. The predicted octanol–water partition coefficient (Wildman–Crippen LogP) is 25.1. The Kier molecular flexibility index (Phi) is 69.2. The molecule has 5 heteroatoms. The molecule has 0 saturated heterocycles. The van der Waals surface area contributed by atoms with Gasteiger partial charge in [-0.2, -0.15) is 0 Å². The molecule has 0 bridgehead atoms. The van der Waals surface area contributed by atoms with Gasteiger partial charge in [-0.15, -0.1) is 0 Å². The maximum absolute atomic E-state index is 12.4. The molecule has 0 aromatic heterocycles. The summed E-state index contributed by atoms with van der Waals surface area (Å²) in [6.45, 7) is 4.09. The summed E-state index contributed by atoms with van der Waals surface area (Å²) < 4.78 is 10.8. The summed E-state index contributed by atoms with van der Waals surface area (Å²) in [4.78, 5) is 24.7. The summed E-state index contributed by atoms with van der Waals surface area (Å²) in [7, 11) is 0. The average Bonchev–Trinajstić information content (AvgIpc) is 3.46. The first kappa shape index (κ1) is 77.9. The molecule has 1 atom stereocenters. The van der Waals surface area contributed by atoms with Crippen LogP contribution in [0.4, 0.5) is 0 Å². The third-order valence-electron chi connectivity index (χ3n) is 16.6. The van der Waals surface area contributed by atoms with Crippen molar-refractivity contribution < 1.29 is 24.2 Å². The first-order valence-electron chi connectivity index (χ1n) is 36.2. The van der Waals surface area contributed by atoms with Gasteiger partial charge in [0.2, 0.25) is 0 Å². The molecule has 0 aliphatic rings. The van der Waals surface area contributed by atoms with Gasteiger partial charge in [-0.25, -0.2) is 0 Å². The van der Waals surface area contributed by atoms with Crippen LogP contribution in [0.5, 0.6) is 0 Å². The lowest BCUT2D eigenvalue weighted by atomic mass is 10.0. The summed E-state index contributed by atoms with van der Waals surface area (Å²) >= 11 is 0. The van der Waals surface area contributed by atoms with Crippen LogP contribution in [-0.4, -0.2) is 36.4 Å². The zero-order valence-corrected chi connectivity index (χ0v) is 54.1. The van der Waals surface area contributed by atoms with E-state index in [4.69, 9.17) is 9.47 Å². The van der Waals surface area contributed by atoms with Crippen LogP contribution in [0.15, 0.2) is 48.6 Å². The lowest BCUT2D eigenvalue weighted by Gasteiger charge is -2.15. The third kappa shape index (κ3) is 68.4. The minimum atomic E-state index is -0.773. The predicted molar refractivity (Wildman–Crippen MR) is 353 cm³/mol. The topological polar surface area (TPSA) is 72.8 Å². The summed E-state index contributed by atoms with van der Waals surface area (Å²) in [6.07, 6.45) is 96.0. The number of unbranched alkanes of at least 4 members (excludes halogenated alkanes) is 52. The Morgan fingerprint density at radius 1 is 0.300 bits per heavy atom. The van der Waals surface area contributed by atoms with Crippen molar-refractivity contribution in [2.75, 3.05) is 13.2 Å². The van der Waals surface area contributed by atoms with Gasteiger partial charge in [-0.1, -0.05) is 383 Å². The highest BCUT2D eigenvalue weighted by Gasteiger charge is 2.16. The van der Waals surface area contributed by atoms with E-state index in [1.165, 1.54) is 315 Å². The van der Waals surface area contributed by atoms with Crippen molar-refractivity contribution in [3.63, 3.8) is 0 Å². The Hall–Kier alpha value is -2.14. The SMILES string of the molecule is CC/C=C\C/C=C\C/C=C\C/C=C\CCCCCCCCCCCCCCCCC(=O)OC(CO)COC(=O)CCCCCCCCCCCCCCCCCCCCCCCCCCCCCCCCCCCCCCCCC. The number of hydrogen-bond donors (Lipinski definition) is 1. The van der Waals surface area contributed by atoms with Gasteiger partial charge >= 0.3 is 11.9 Å². The molecule has 1 N–H and O–H groups in total. The smallest absolute Gasteiger partial charge is 0.306 e. The summed E-state index contributed by atoms with van der Waals surface area (Å²) in [5, 5.41) is 9.70. The van der Waals surface area contributed by atoms with Gasteiger partial charge in [0.05, 0.1) is 6.61 Å². The Balaban J connectivity index is 3.36. The molecule has 0 aliphatic heterocycles. The second kappa shape index (κ2) is 71.1. The van der Waals surface area contributed by atoms with E-state index in [1.807, 2.05) is 0 Å². The molecule has 1 unspecified atom stereocenters. The fraction of sp³-hybridized carbons (Fsp3) is 0.867. The molecule has 470 valence electrons. The van der Waals surface area contributed by atoms with Crippen molar-refractivity contribution in [2.24, 2.45) is 0 Å². The Labute approximate surface area is 500 Å². The fourth-order valence-electron chi connectivity index (χ4n) is 11.3. The van der Waals surface area contributed by atoms with Crippen molar-refractivity contribution >= 4 is 11.9 Å². The van der Waals surface area contributed by atoms with E-state index in [0.29, 0.717) is 12.8 Å². The lowest BCUT2D eigenvalue weighted by Crippen LogP contribution is -2.28. The van der Waals surface area contributed by atoms with Crippen LogP contribution in [-0.2, 0) is 19.1 Å². The third-order valence-corrected chi connectivity index (χ3v) is 16.6. The van der Waals surface area contributed by atoms with Crippen molar-refractivity contribution in [2.45, 2.75) is 405 Å². The van der Waals surface area contributed by atoms with E-state index in [-0.39, 0.29) is 25.2 Å². The molecule has 0 radical (unpaired) electrons. The second-order valence-corrected chi connectivity index (χ2v) is 24.7. The quantitative estimate of drug-likeness (QED) is 0.0373. The van der Waals surface area contributed by atoms with Crippen molar-refractivity contribution in [1.29, 1.82) is 0 Å². The number of rotatable bonds is 68. The highest BCUT2D eigenvalue weighted by atomic mass is 16.6. The first-order valence-corrected chi connectivity index (χ1v) is 36.2. The van der Waals surface area contributed by atoms with Crippen LogP contribution >= 0.6 is 0 Å². The van der Waals surface area contributed by atoms with Crippen LogP contribution < -0.4 is 0 Å². The van der Waals surface area contributed by atoms with Gasteiger partial charge in [0, 0.05) is 12.8 Å². The largest absolute Gasteiger partial charge is 0.462 e. The molecule has 0 aromatic rings. The summed E-state index contributed by atoms with van der Waals surface area (Å²) in [5.74, 6) is -0.570. The lowest BCUT2D eigenvalue weighted by molar-refractivity contribution is -0.161. The standard InChI is InChI=1S/C75H140O5/c1-3-5-7-9-11-13-15-17-19-21-23-25-27-29-31-32-33-34-35-36-37-38-39-40-41-42-44-45-47-49-51-53-55-57-59-61-63-65-67-69-74(77)79-72-73(71-76)80-75(78)70-68-66-64-62-60-58-56-54-52-50-48-46-43-30-28-26-24-22-20-18-16-14-12-10-8-6-4-2/h6,8,12,14,18,20,24,26,73,76H,3-5,7,9-11,13,15-17,19,21-23,25,27-72H2,1-2H3/b8-6-,14-12-,20-18-,26-24-. The molecule has 0 heterocycles. The molecule has 0 rings (SSSR count). The molecule has 5 nitrogen and oxygen atoms in total. The molecule has 0 amide bonds. The first-order chi connectivity index (χ1) is 39.6. The van der Waals surface area contributed by atoms with Crippen molar-refractivity contribution in [1.82, 2.24) is 0 Å². The molecule has 0 spiro atoms. The molecular weight excluding hydrogens is 981 g/mol. The molecular formula is C75H140O5. The van der Waals surface area contributed by atoms with E-state index in [9.17, 15) is 14.7 Å². The van der Waals surface area contributed by atoms with Crippen LogP contribution in [0.25, 0.3) is 0 Å². The number of esters is 2. The van der Waals surface area contributed by atoms with Crippen LogP contribution in [0.2, 0.25) is 0 Å². The Bertz CT molecular complexity index is 1320. The molecule has 80 heavy (non-hydrogen) atoms. The fourth-order valence-corrected chi connectivity index (χ4v) is 11.3. The van der Waals surface area contributed by atoms with Crippen molar-refractivity contribution in [3.8, 4) is 0 Å². The van der Waals surface area contributed by atoms with Gasteiger partial charge in [-0.3, -0.25) is 9.59 Å². The molecule has 0 saturated carbocycles. The number of aliphatic hydroxyl groups excluding tert-OH is 1. The van der Waals surface area contributed by atoms with Gasteiger partial charge < -0.3 is 14.6 Å². The zero-order valence-electron chi connectivity index (χ0n) is 54.1. The van der Waals surface area contributed by atoms with Gasteiger partial charge in [0.1, 0.15) is 6.61 Å². The maximum atomic E-state index is 12.4. The number of hydrogen-bond acceptors (Lipinski definition) is 5. The maximum Gasteiger partial charge on any atom is 0.306 e. The second-order valence-electron chi connectivity index (χ2n) is 24.7. The number of aliphatic hydroxyl groups is 1. The van der Waals surface area contributed by atoms with Gasteiger partial charge in [-0.05, 0) is 51.4 Å². The van der Waals surface area contributed by atoms with E-state index in [2.05, 4.69) is 62.5 Å². The van der Waals surface area contributed by atoms with Crippen LogP contribution in [0.1, 0.15) is 399 Å².